The van der Waals surface area contributed by atoms with E-state index in [1.54, 1.807) is 0 Å². The molecule has 15 heavy (non-hydrogen) atoms. The van der Waals surface area contributed by atoms with Gasteiger partial charge in [0.2, 0.25) is 0 Å². The molecule has 0 aromatic carbocycles. The number of aliphatic hydroxyl groups is 2. The van der Waals surface area contributed by atoms with Crippen LogP contribution >= 0.6 is 12.2 Å². The van der Waals surface area contributed by atoms with Gasteiger partial charge in [0, 0.05) is 19.3 Å². The van der Waals surface area contributed by atoms with Crippen molar-refractivity contribution < 1.29 is 29.2 Å². The van der Waals surface area contributed by atoms with Crippen LogP contribution in [0.15, 0.2) is 0 Å². The van der Waals surface area contributed by atoms with Crippen molar-refractivity contribution in [2.75, 3.05) is 13.7 Å². The summed E-state index contributed by atoms with van der Waals surface area (Å²) in [5.74, 6) is 0. The largest absolute Gasteiger partial charge is 0.447 e. The molecule has 0 spiro atoms. The number of rotatable bonds is 2. The molecular weight excluding hydrogens is 224 g/mol. The minimum atomic E-state index is -0.983. The molecule has 0 bridgehead atoms. The van der Waals surface area contributed by atoms with E-state index in [1.165, 1.54) is 7.11 Å². The summed E-state index contributed by atoms with van der Waals surface area (Å²) in [7, 11) is 1.40. The molecule has 2 aliphatic heterocycles. The van der Waals surface area contributed by atoms with Crippen molar-refractivity contribution in [1.82, 2.24) is 0 Å². The molecule has 7 heteroatoms. The lowest BCUT2D eigenvalue weighted by molar-refractivity contribution is -0.274. The minimum Gasteiger partial charge on any atom is -0.447 e. The van der Waals surface area contributed by atoms with Crippen molar-refractivity contribution in [2.24, 2.45) is 0 Å². The fourth-order valence-corrected chi connectivity index (χ4v) is 1.98. The third kappa shape index (κ3) is 1.81. The van der Waals surface area contributed by atoms with Gasteiger partial charge in [-0.05, 0) is 0 Å². The maximum Gasteiger partial charge on any atom is 0.353 e. The summed E-state index contributed by atoms with van der Waals surface area (Å²) in [5, 5.41) is 18.8. The predicted molar refractivity (Wildman–Crippen MR) is 51.1 cm³/mol. The van der Waals surface area contributed by atoms with Crippen molar-refractivity contribution in [2.45, 2.75) is 30.7 Å². The van der Waals surface area contributed by atoms with E-state index in [0.717, 1.165) is 0 Å². The monoisotopic (exact) mass is 236 g/mol. The standard InChI is InChI=1S/C8H12O6S/c1-11-7-4(10)6-5(3(2-9)12-7)13-8(15)14-6/h3-7,9-10H,2H2,1H3/t3-,4-,5+,6-,7-/m1/s1. The quantitative estimate of drug-likeness (QED) is 0.582. The van der Waals surface area contributed by atoms with Gasteiger partial charge in [-0.3, -0.25) is 0 Å². The van der Waals surface area contributed by atoms with Crippen LogP contribution in [0.1, 0.15) is 0 Å². The first-order valence-electron chi connectivity index (χ1n) is 4.52. The summed E-state index contributed by atoms with van der Waals surface area (Å²) in [6.07, 6.45) is -3.66. The highest BCUT2D eigenvalue weighted by Gasteiger charge is 2.52. The third-order valence-corrected chi connectivity index (χ3v) is 2.68. The highest BCUT2D eigenvalue weighted by Crippen LogP contribution is 2.30. The van der Waals surface area contributed by atoms with E-state index in [4.69, 9.17) is 36.3 Å². The Labute approximate surface area is 91.7 Å². The molecule has 2 rings (SSSR count). The van der Waals surface area contributed by atoms with Gasteiger partial charge in [0.1, 0.15) is 12.2 Å². The number of thiocarbonyl (C=S) groups is 1. The minimum absolute atomic E-state index is 0.0390. The topological polar surface area (TPSA) is 77.4 Å². The normalized spacial score (nSPS) is 44.5. The molecule has 2 saturated heterocycles. The van der Waals surface area contributed by atoms with Crippen molar-refractivity contribution >= 4 is 17.5 Å². The van der Waals surface area contributed by atoms with Gasteiger partial charge in [0.25, 0.3) is 0 Å². The molecule has 2 heterocycles. The maximum absolute atomic E-state index is 9.77. The first-order chi connectivity index (χ1) is 7.17. The fourth-order valence-electron chi connectivity index (χ4n) is 1.76. The highest BCUT2D eigenvalue weighted by molar-refractivity contribution is 7.79. The van der Waals surface area contributed by atoms with Crippen LogP contribution in [0, 0.1) is 0 Å². The second kappa shape index (κ2) is 4.18. The zero-order valence-electron chi connectivity index (χ0n) is 8.03. The molecule has 0 unspecified atom stereocenters. The number of ether oxygens (including phenoxy) is 4. The zero-order valence-corrected chi connectivity index (χ0v) is 8.85. The van der Waals surface area contributed by atoms with Gasteiger partial charge in [-0.1, -0.05) is 0 Å². The zero-order chi connectivity index (χ0) is 11.0. The van der Waals surface area contributed by atoms with E-state index in [1.807, 2.05) is 0 Å². The molecule has 0 aliphatic carbocycles. The lowest BCUT2D eigenvalue weighted by atomic mass is 9.99. The van der Waals surface area contributed by atoms with Gasteiger partial charge >= 0.3 is 5.24 Å². The summed E-state index contributed by atoms with van der Waals surface area (Å²) in [6, 6.07) is 0. The average molecular weight is 236 g/mol. The van der Waals surface area contributed by atoms with Crippen molar-refractivity contribution in [3.63, 3.8) is 0 Å². The second-order valence-corrected chi connectivity index (χ2v) is 3.70. The molecule has 2 N–H and O–H groups in total. The van der Waals surface area contributed by atoms with Crippen LogP contribution in [-0.4, -0.2) is 59.9 Å². The summed E-state index contributed by atoms with van der Waals surface area (Å²) >= 11 is 4.73. The SMILES string of the molecule is CO[C@@H]1O[C@H](CO)[C@@H]2OC(=S)O[C@@H]2[C@H]1O. The van der Waals surface area contributed by atoms with Gasteiger partial charge in [-0.25, -0.2) is 0 Å². The fraction of sp³-hybridized carbons (Fsp3) is 0.875. The van der Waals surface area contributed by atoms with E-state index in [-0.39, 0.29) is 11.8 Å². The van der Waals surface area contributed by atoms with Gasteiger partial charge in [-0.15, -0.1) is 0 Å². The molecule has 5 atom stereocenters. The molecule has 0 aromatic heterocycles. The van der Waals surface area contributed by atoms with Gasteiger partial charge in [-0.2, -0.15) is 0 Å². The van der Waals surface area contributed by atoms with Crippen LogP contribution in [0.4, 0.5) is 0 Å². The van der Waals surface area contributed by atoms with E-state index < -0.39 is 30.7 Å². The number of hydrogen-bond donors (Lipinski definition) is 2. The molecule has 2 fully saturated rings. The smallest absolute Gasteiger partial charge is 0.353 e. The van der Waals surface area contributed by atoms with Crippen molar-refractivity contribution in [3.05, 3.63) is 0 Å². The third-order valence-electron chi connectivity index (χ3n) is 2.49. The highest BCUT2D eigenvalue weighted by atomic mass is 32.1. The number of hydrogen-bond acceptors (Lipinski definition) is 7. The number of methoxy groups -OCH3 is 1. The van der Waals surface area contributed by atoms with Gasteiger partial charge < -0.3 is 29.2 Å². The molecule has 0 radical (unpaired) electrons. The van der Waals surface area contributed by atoms with Crippen molar-refractivity contribution in [1.29, 1.82) is 0 Å². The average Bonchev–Trinajstić information content (AvgIpc) is 2.61. The molecular formula is C8H12O6S. The van der Waals surface area contributed by atoms with E-state index in [9.17, 15) is 5.11 Å². The molecule has 0 saturated carbocycles. The maximum atomic E-state index is 9.77. The summed E-state index contributed by atoms with van der Waals surface area (Å²) in [6.45, 7) is -0.250. The van der Waals surface area contributed by atoms with E-state index in [2.05, 4.69) is 0 Å². The Morgan fingerprint density at radius 1 is 1.40 bits per heavy atom. The summed E-state index contributed by atoms with van der Waals surface area (Å²) in [5.41, 5.74) is 0. The Bertz CT molecular complexity index is 260. The van der Waals surface area contributed by atoms with Gasteiger partial charge in [0.15, 0.2) is 18.5 Å². The molecule has 86 valence electrons. The number of fused-ring (bicyclic) bond motifs is 1. The lowest BCUT2D eigenvalue weighted by Crippen LogP contribution is -2.57. The van der Waals surface area contributed by atoms with Crippen molar-refractivity contribution in [3.8, 4) is 0 Å². The van der Waals surface area contributed by atoms with Crippen LogP contribution in [0.5, 0.6) is 0 Å². The number of aliphatic hydroxyl groups excluding tert-OH is 2. The first-order valence-corrected chi connectivity index (χ1v) is 4.92. The Kier molecular flexibility index (Phi) is 3.08. The Balaban J connectivity index is 2.16. The molecule has 0 aromatic rings. The van der Waals surface area contributed by atoms with Gasteiger partial charge in [0.05, 0.1) is 6.61 Å². The molecule has 6 nitrogen and oxygen atoms in total. The Morgan fingerprint density at radius 3 is 2.67 bits per heavy atom. The van der Waals surface area contributed by atoms with Crippen LogP contribution in [-0.2, 0) is 18.9 Å². The summed E-state index contributed by atoms with van der Waals surface area (Å²) in [4.78, 5) is 0. The Hall–Kier alpha value is -0.470. The predicted octanol–water partition coefficient (Wildman–Crippen LogP) is -1.22. The summed E-state index contributed by atoms with van der Waals surface area (Å²) < 4.78 is 20.5. The van der Waals surface area contributed by atoms with Crippen LogP contribution in [0.3, 0.4) is 0 Å². The van der Waals surface area contributed by atoms with E-state index in [0.29, 0.717) is 0 Å². The van der Waals surface area contributed by atoms with Crippen LogP contribution in [0.25, 0.3) is 0 Å². The second-order valence-electron chi connectivity index (χ2n) is 3.37. The van der Waals surface area contributed by atoms with E-state index >= 15 is 0 Å². The first kappa shape index (κ1) is 11.0. The molecule has 2 aliphatic rings. The van der Waals surface area contributed by atoms with Crippen LogP contribution < -0.4 is 0 Å². The van der Waals surface area contributed by atoms with Crippen LogP contribution in [0.2, 0.25) is 0 Å². The molecule has 0 amide bonds. The lowest BCUT2D eigenvalue weighted by Gasteiger charge is -2.37. The Morgan fingerprint density at radius 2 is 2.07 bits per heavy atom.